The number of aldehydes is 1. The first-order valence-corrected chi connectivity index (χ1v) is 8.20. The molecule has 1 heterocycles. The third-order valence-corrected chi connectivity index (χ3v) is 4.67. The summed E-state index contributed by atoms with van der Waals surface area (Å²) < 4.78 is 21.8. The Labute approximate surface area is 151 Å². The van der Waals surface area contributed by atoms with Gasteiger partial charge in [0.05, 0.1) is 14.2 Å². The van der Waals surface area contributed by atoms with Crippen molar-refractivity contribution in [3.05, 3.63) is 47.5 Å². The van der Waals surface area contributed by atoms with Crippen molar-refractivity contribution in [2.45, 2.75) is 6.92 Å². The number of carbonyl (C=O) groups excluding carboxylic acids is 1. The van der Waals surface area contributed by atoms with E-state index in [0.29, 0.717) is 28.6 Å². The topological polar surface area (TPSA) is 54.0 Å². The van der Waals surface area contributed by atoms with Crippen molar-refractivity contribution >= 4 is 17.1 Å². The first kappa shape index (κ1) is 16.3. The predicted molar refractivity (Wildman–Crippen MR) is 98.7 cm³/mol. The fourth-order valence-electron chi connectivity index (χ4n) is 3.40. The SMILES string of the molecule is COc1cc2cc(C)c(C=O)c(-c3ccc4c(c3)OCO4)c2cc1OC. The number of aryl methyl sites for hydroxylation is 1. The molecule has 0 aromatic heterocycles. The molecule has 0 bridgehead atoms. The number of benzene rings is 3. The van der Waals surface area contributed by atoms with E-state index >= 15 is 0 Å². The monoisotopic (exact) mass is 350 g/mol. The molecule has 0 saturated heterocycles. The summed E-state index contributed by atoms with van der Waals surface area (Å²) in [6.07, 6.45) is 0.894. The quantitative estimate of drug-likeness (QED) is 0.654. The zero-order valence-corrected chi connectivity index (χ0v) is 14.8. The molecule has 5 heteroatoms. The number of hydrogen-bond acceptors (Lipinski definition) is 5. The van der Waals surface area contributed by atoms with Crippen molar-refractivity contribution in [2.75, 3.05) is 21.0 Å². The average molecular weight is 350 g/mol. The van der Waals surface area contributed by atoms with Crippen molar-refractivity contribution in [1.29, 1.82) is 0 Å². The van der Waals surface area contributed by atoms with Gasteiger partial charge in [-0.15, -0.1) is 0 Å². The van der Waals surface area contributed by atoms with Gasteiger partial charge in [0.2, 0.25) is 6.79 Å². The Morgan fingerprint density at radius 3 is 2.42 bits per heavy atom. The zero-order valence-electron chi connectivity index (χ0n) is 14.8. The van der Waals surface area contributed by atoms with Crippen LogP contribution in [0.5, 0.6) is 23.0 Å². The minimum absolute atomic E-state index is 0.207. The Balaban J connectivity index is 2.06. The van der Waals surface area contributed by atoms with Crippen LogP contribution in [0.25, 0.3) is 21.9 Å². The van der Waals surface area contributed by atoms with E-state index in [-0.39, 0.29) is 6.79 Å². The summed E-state index contributed by atoms with van der Waals surface area (Å²) >= 11 is 0. The number of ether oxygens (including phenoxy) is 4. The highest BCUT2D eigenvalue weighted by molar-refractivity contribution is 6.06. The highest BCUT2D eigenvalue weighted by Gasteiger charge is 2.19. The molecular formula is C21H18O5. The Bertz CT molecular complexity index is 1020. The largest absolute Gasteiger partial charge is 0.493 e. The summed E-state index contributed by atoms with van der Waals surface area (Å²) in [5, 5.41) is 1.88. The lowest BCUT2D eigenvalue weighted by atomic mass is 9.90. The molecule has 26 heavy (non-hydrogen) atoms. The molecule has 0 amide bonds. The molecule has 0 fully saturated rings. The van der Waals surface area contributed by atoms with Crippen LogP contribution in [0.2, 0.25) is 0 Å². The Morgan fingerprint density at radius 1 is 0.962 bits per heavy atom. The lowest BCUT2D eigenvalue weighted by molar-refractivity contribution is 0.112. The summed E-state index contributed by atoms with van der Waals surface area (Å²) in [5.74, 6) is 2.64. The van der Waals surface area contributed by atoms with Crippen molar-refractivity contribution in [1.82, 2.24) is 0 Å². The van der Waals surface area contributed by atoms with Crippen molar-refractivity contribution < 1.29 is 23.7 Å². The predicted octanol–water partition coefficient (Wildman–Crippen LogP) is 4.37. The molecule has 0 aliphatic carbocycles. The highest BCUT2D eigenvalue weighted by Crippen LogP contribution is 2.42. The maximum absolute atomic E-state index is 11.9. The summed E-state index contributed by atoms with van der Waals surface area (Å²) in [7, 11) is 3.20. The Kier molecular flexibility index (Phi) is 3.92. The second-order valence-electron chi connectivity index (χ2n) is 6.10. The lowest BCUT2D eigenvalue weighted by Gasteiger charge is -2.16. The van der Waals surface area contributed by atoms with Crippen LogP contribution in [0.4, 0.5) is 0 Å². The molecule has 0 atom stereocenters. The van der Waals surface area contributed by atoms with E-state index in [1.165, 1.54) is 0 Å². The Hall–Kier alpha value is -3.21. The van der Waals surface area contributed by atoms with E-state index in [1.807, 2.05) is 43.3 Å². The summed E-state index contributed by atoms with van der Waals surface area (Å²) in [5.41, 5.74) is 3.27. The highest BCUT2D eigenvalue weighted by atomic mass is 16.7. The van der Waals surface area contributed by atoms with E-state index in [0.717, 1.165) is 33.7 Å². The number of fused-ring (bicyclic) bond motifs is 2. The van der Waals surface area contributed by atoms with Gasteiger partial charge in [0.1, 0.15) is 0 Å². The van der Waals surface area contributed by atoms with E-state index in [2.05, 4.69) is 0 Å². The molecule has 0 spiro atoms. The van der Waals surface area contributed by atoms with Crippen LogP contribution in [0.3, 0.4) is 0 Å². The minimum Gasteiger partial charge on any atom is -0.493 e. The average Bonchev–Trinajstić information content (AvgIpc) is 3.13. The van der Waals surface area contributed by atoms with E-state index in [9.17, 15) is 4.79 Å². The first-order valence-electron chi connectivity index (χ1n) is 8.20. The smallest absolute Gasteiger partial charge is 0.231 e. The molecule has 0 radical (unpaired) electrons. The van der Waals surface area contributed by atoms with Crippen molar-refractivity contribution in [3.63, 3.8) is 0 Å². The van der Waals surface area contributed by atoms with Crippen LogP contribution in [-0.2, 0) is 0 Å². The van der Waals surface area contributed by atoms with Crippen LogP contribution < -0.4 is 18.9 Å². The molecule has 4 rings (SSSR count). The third kappa shape index (κ3) is 2.44. The number of methoxy groups -OCH3 is 2. The second-order valence-corrected chi connectivity index (χ2v) is 6.10. The summed E-state index contributed by atoms with van der Waals surface area (Å²) in [6.45, 7) is 2.13. The lowest BCUT2D eigenvalue weighted by Crippen LogP contribution is -1.97. The molecule has 3 aromatic rings. The second kappa shape index (κ2) is 6.26. The van der Waals surface area contributed by atoms with Crippen LogP contribution in [0.15, 0.2) is 36.4 Å². The first-order chi connectivity index (χ1) is 12.7. The van der Waals surface area contributed by atoms with Crippen LogP contribution in [0, 0.1) is 6.92 Å². The fraction of sp³-hybridized carbons (Fsp3) is 0.190. The molecule has 0 N–H and O–H groups in total. The van der Waals surface area contributed by atoms with Crippen molar-refractivity contribution in [3.8, 4) is 34.1 Å². The standard InChI is InChI=1S/C21H18O5/c1-12-6-14-8-18(23-2)19(24-3)9-15(14)21(16(12)10-22)13-4-5-17-20(7-13)26-11-25-17/h4-10H,11H2,1-3H3. The number of carbonyl (C=O) groups is 1. The summed E-state index contributed by atoms with van der Waals surface area (Å²) in [4.78, 5) is 11.9. The van der Waals surface area contributed by atoms with Gasteiger partial charge in [-0.05, 0) is 53.1 Å². The normalized spacial score (nSPS) is 12.3. The molecule has 0 saturated carbocycles. The van der Waals surface area contributed by atoms with E-state index in [1.54, 1.807) is 14.2 Å². The van der Waals surface area contributed by atoms with Crippen molar-refractivity contribution in [2.24, 2.45) is 0 Å². The van der Waals surface area contributed by atoms with Crippen LogP contribution >= 0.6 is 0 Å². The molecule has 1 aliphatic heterocycles. The zero-order chi connectivity index (χ0) is 18.3. The van der Waals surface area contributed by atoms with Gasteiger partial charge in [0, 0.05) is 11.1 Å². The molecule has 1 aliphatic rings. The molecule has 0 unspecified atom stereocenters. The van der Waals surface area contributed by atoms with Gasteiger partial charge in [-0.1, -0.05) is 12.1 Å². The molecule has 3 aromatic carbocycles. The molecule has 5 nitrogen and oxygen atoms in total. The van der Waals surface area contributed by atoms with Gasteiger partial charge in [0.15, 0.2) is 29.3 Å². The van der Waals surface area contributed by atoms with Gasteiger partial charge < -0.3 is 18.9 Å². The van der Waals surface area contributed by atoms with Crippen LogP contribution in [0.1, 0.15) is 15.9 Å². The van der Waals surface area contributed by atoms with Gasteiger partial charge in [-0.3, -0.25) is 4.79 Å². The molecular weight excluding hydrogens is 332 g/mol. The van der Waals surface area contributed by atoms with Gasteiger partial charge in [-0.2, -0.15) is 0 Å². The van der Waals surface area contributed by atoms with Gasteiger partial charge in [0.25, 0.3) is 0 Å². The maximum Gasteiger partial charge on any atom is 0.231 e. The Morgan fingerprint density at radius 2 is 1.69 bits per heavy atom. The third-order valence-electron chi connectivity index (χ3n) is 4.67. The summed E-state index contributed by atoms with van der Waals surface area (Å²) in [6, 6.07) is 11.5. The minimum atomic E-state index is 0.207. The fourth-order valence-corrected chi connectivity index (χ4v) is 3.40. The molecule has 132 valence electrons. The van der Waals surface area contributed by atoms with Gasteiger partial charge in [-0.25, -0.2) is 0 Å². The number of hydrogen-bond donors (Lipinski definition) is 0. The maximum atomic E-state index is 11.9. The number of rotatable bonds is 4. The van der Waals surface area contributed by atoms with E-state index in [4.69, 9.17) is 18.9 Å². The van der Waals surface area contributed by atoms with E-state index < -0.39 is 0 Å². The van der Waals surface area contributed by atoms with Crippen LogP contribution in [-0.4, -0.2) is 27.3 Å². The van der Waals surface area contributed by atoms with Gasteiger partial charge >= 0.3 is 0 Å².